The molecule has 0 radical (unpaired) electrons. The van der Waals surface area contributed by atoms with Gasteiger partial charge in [-0.3, -0.25) is 4.79 Å². The fourth-order valence-corrected chi connectivity index (χ4v) is 8.17. The predicted octanol–water partition coefficient (Wildman–Crippen LogP) is 4.73. The van der Waals surface area contributed by atoms with Crippen molar-refractivity contribution in [2.24, 2.45) is 0 Å². The van der Waals surface area contributed by atoms with E-state index in [1.165, 1.54) is 0 Å². The Morgan fingerprint density at radius 1 is 1.15 bits per heavy atom. The molecule has 2 nitrogen and oxygen atoms in total. The van der Waals surface area contributed by atoms with Crippen LogP contribution in [0.3, 0.4) is 0 Å². The summed E-state index contributed by atoms with van der Waals surface area (Å²) in [7, 11) is -1.73. The predicted molar refractivity (Wildman–Crippen MR) is 100 cm³/mol. The first kappa shape index (κ1) is 18.8. The van der Waals surface area contributed by atoms with Crippen molar-refractivity contribution in [1.29, 1.82) is 0 Å². The molecule has 0 aromatic rings. The van der Waals surface area contributed by atoms with Gasteiger partial charge in [-0.2, -0.15) is 0 Å². The monoisotopic (exact) mass is 351 g/mol. The van der Waals surface area contributed by atoms with Gasteiger partial charge in [0, 0.05) is 18.9 Å². The number of thioether (sulfide) groups is 3. The molecule has 0 N–H and O–H groups in total. The number of carbonyl (C=O) groups excluding carboxylic acids is 1. The molecule has 6 heteroatoms. The second kappa shape index (κ2) is 6.47. The van der Waals surface area contributed by atoms with Gasteiger partial charge in [0.1, 0.15) is 3.41 Å². The van der Waals surface area contributed by atoms with Gasteiger partial charge in [-0.05, 0) is 23.8 Å². The Morgan fingerprint density at radius 3 is 1.90 bits per heavy atom. The number of hydrogen-bond donors (Lipinski definition) is 0. The van der Waals surface area contributed by atoms with E-state index in [-0.39, 0.29) is 8.45 Å². The van der Waals surface area contributed by atoms with Gasteiger partial charge in [0.25, 0.3) is 0 Å². The van der Waals surface area contributed by atoms with Crippen LogP contribution in [0.5, 0.6) is 0 Å². The van der Waals surface area contributed by atoms with Crippen molar-refractivity contribution >= 4 is 49.4 Å². The first-order chi connectivity index (χ1) is 9.04. The molecule has 1 fully saturated rings. The summed E-state index contributed by atoms with van der Waals surface area (Å²) in [6.45, 7) is 11.5. The summed E-state index contributed by atoms with van der Waals surface area (Å²) in [5.41, 5.74) is 0. The molecule has 0 aliphatic carbocycles. The van der Waals surface area contributed by atoms with Crippen LogP contribution >= 0.6 is 35.3 Å². The van der Waals surface area contributed by atoms with Gasteiger partial charge >= 0.3 is 0 Å². The van der Waals surface area contributed by atoms with Crippen molar-refractivity contribution in [3.63, 3.8) is 0 Å². The zero-order chi connectivity index (χ0) is 15.8. The smallest absolute Gasteiger partial charge is 0.216 e. The normalized spacial score (nSPS) is 21.1. The third kappa shape index (κ3) is 3.38. The van der Waals surface area contributed by atoms with Crippen LogP contribution in [0.1, 0.15) is 33.6 Å². The highest BCUT2D eigenvalue weighted by atomic mass is 32.3. The van der Waals surface area contributed by atoms with Gasteiger partial charge in [-0.25, -0.2) is 0 Å². The molecular weight excluding hydrogens is 322 g/mol. The Hall–Kier alpha value is 0.737. The number of carbonyl (C=O) groups is 1. The van der Waals surface area contributed by atoms with E-state index >= 15 is 0 Å². The lowest BCUT2D eigenvalue weighted by Gasteiger charge is -2.56. The third-order valence-corrected chi connectivity index (χ3v) is 15.8. The average molecular weight is 352 g/mol. The summed E-state index contributed by atoms with van der Waals surface area (Å²) in [4.78, 5) is 12.2. The van der Waals surface area contributed by atoms with E-state index in [1.807, 2.05) is 35.3 Å². The third-order valence-electron chi connectivity index (χ3n) is 4.90. The molecule has 0 aromatic heterocycles. The van der Waals surface area contributed by atoms with Crippen LogP contribution in [0.4, 0.5) is 0 Å². The number of amides is 1. The lowest BCUT2D eigenvalue weighted by atomic mass is 10.0. The zero-order valence-corrected chi connectivity index (χ0v) is 17.5. The molecule has 0 saturated carbocycles. The molecule has 1 heterocycles. The average Bonchev–Trinajstić information content (AvgIpc) is 2.32. The van der Waals surface area contributed by atoms with Crippen LogP contribution in [-0.2, 0) is 4.79 Å². The Bertz CT molecular complexity index is 356. The standard InChI is InChI=1S/C14H29NOS3Si/c1-13(2,3)20(7,8)15-11(9-12(15)16)10-14(17-4,18-5)19-6/h11H,9-10H2,1-8H3/t11-/m1/s1. The maximum Gasteiger partial charge on any atom is 0.216 e. The van der Waals surface area contributed by atoms with Crippen molar-refractivity contribution in [2.45, 2.75) is 61.2 Å². The van der Waals surface area contributed by atoms with Gasteiger partial charge in [0.05, 0.1) is 0 Å². The summed E-state index contributed by atoms with van der Waals surface area (Å²) in [6.07, 6.45) is 8.39. The summed E-state index contributed by atoms with van der Waals surface area (Å²) < 4.78 is 2.47. The van der Waals surface area contributed by atoms with Crippen LogP contribution in [0.2, 0.25) is 18.1 Å². The highest BCUT2D eigenvalue weighted by molar-refractivity contribution is 8.33. The second-order valence-electron chi connectivity index (χ2n) is 6.93. The molecule has 1 amide bonds. The molecule has 1 rings (SSSR count). The number of nitrogens with zero attached hydrogens (tertiary/aromatic N) is 1. The summed E-state index contributed by atoms with van der Waals surface area (Å²) in [5.74, 6) is 0.374. The minimum absolute atomic E-state index is 0.186. The van der Waals surface area contributed by atoms with E-state index in [2.05, 4.69) is 57.2 Å². The summed E-state index contributed by atoms with van der Waals surface area (Å²) in [6, 6.07) is 0.441. The van der Waals surface area contributed by atoms with E-state index in [0.717, 1.165) is 12.8 Å². The minimum atomic E-state index is -1.73. The molecule has 1 saturated heterocycles. The van der Waals surface area contributed by atoms with Gasteiger partial charge in [0.15, 0.2) is 8.24 Å². The van der Waals surface area contributed by atoms with Crippen molar-refractivity contribution in [2.75, 3.05) is 18.8 Å². The van der Waals surface area contributed by atoms with Gasteiger partial charge in [-0.15, -0.1) is 35.3 Å². The van der Waals surface area contributed by atoms with E-state index in [0.29, 0.717) is 11.9 Å². The second-order valence-corrected chi connectivity index (χ2v) is 16.1. The molecular formula is C14H29NOS3Si. The highest BCUT2D eigenvalue weighted by Crippen LogP contribution is 2.51. The molecule has 1 aliphatic rings. The Balaban J connectivity index is 2.92. The minimum Gasteiger partial charge on any atom is -0.366 e. The van der Waals surface area contributed by atoms with E-state index < -0.39 is 8.24 Å². The molecule has 1 atom stereocenters. The molecule has 1 aliphatic heterocycles. The zero-order valence-electron chi connectivity index (χ0n) is 14.1. The summed E-state index contributed by atoms with van der Waals surface area (Å²) in [5, 5.41) is 0.224. The number of β-lactam (4-membered cyclic amide) rings is 1. The van der Waals surface area contributed by atoms with Crippen LogP contribution in [0.15, 0.2) is 0 Å². The number of rotatable bonds is 6. The Kier molecular flexibility index (Phi) is 6.07. The van der Waals surface area contributed by atoms with Crippen LogP contribution in [0.25, 0.3) is 0 Å². The molecule has 0 bridgehead atoms. The maximum absolute atomic E-state index is 12.2. The van der Waals surface area contributed by atoms with Gasteiger partial charge < -0.3 is 4.57 Å². The van der Waals surface area contributed by atoms with Crippen LogP contribution in [-0.4, -0.2) is 46.9 Å². The fraction of sp³-hybridized carbons (Fsp3) is 0.929. The lowest BCUT2D eigenvalue weighted by molar-refractivity contribution is -0.139. The van der Waals surface area contributed by atoms with Crippen LogP contribution in [0, 0.1) is 0 Å². The van der Waals surface area contributed by atoms with E-state index in [4.69, 9.17) is 0 Å². The van der Waals surface area contributed by atoms with E-state index in [9.17, 15) is 4.79 Å². The van der Waals surface area contributed by atoms with Crippen molar-refractivity contribution in [3.05, 3.63) is 0 Å². The van der Waals surface area contributed by atoms with Crippen molar-refractivity contribution in [1.82, 2.24) is 4.57 Å². The van der Waals surface area contributed by atoms with Gasteiger partial charge in [-0.1, -0.05) is 33.9 Å². The molecule has 0 aromatic carbocycles. The maximum atomic E-state index is 12.2. The lowest BCUT2D eigenvalue weighted by Crippen LogP contribution is -2.68. The highest BCUT2D eigenvalue weighted by Gasteiger charge is 2.53. The number of hydrogen-bond acceptors (Lipinski definition) is 4. The molecule has 0 spiro atoms. The van der Waals surface area contributed by atoms with Crippen molar-refractivity contribution in [3.8, 4) is 0 Å². The van der Waals surface area contributed by atoms with Crippen LogP contribution < -0.4 is 0 Å². The first-order valence-corrected chi connectivity index (χ1v) is 13.6. The Morgan fingerprint density at radius 2 is 1.60 bits per heavy atom. The fourth-order valence-electron chi connectivity index (χ4n) is 2.56. The quantitative estimate of drug-likeness (QED) is 0.391. The summed E-state index contributed by atoms with van der Waals surface area (Å²) >= 11 is 5.76. The molecule has 0 unspecified atom stereocenters. The molecule has 20 heavy (non-hydrogen) atoms. The first-order valence-electron chi connectivity index (χ1n) is 7.02. The Labute approximate surface area is 138 Å². The topological polar surface area (TPSA) is 20.3 Å². The largest absolute Gasteiger partial charge is 0.366 e. The van der Waals surface area contributed by atoms with E-state index in [1.54, 1.807) is 0 Å². The van der Waals surface area contributed by atoms with Crippen molar-refractivity contribution < 1.29 is 4.79 Å². The molecule has 118 valence electrons. The van der Waals surface area contributed by atoms with Gasteiger partial charge in [0.2, 0.25) is 5.91 Å². The SMILES string of the molecule is CSC(C[C@H]1CC(=O)N1[Si](C)(C)C(C)(C)C)(SC)SC.